The summed E-state index contributed by atoms with van der Waals surface area (Å²) >= 11 is 12.0. The van der Waals surface area contributed by atoms with E-state index in [0.29, 0.717) is 11.3 Å². The first-order chi connectivity index (χ1) is 10.4. The predicted octanol–water partition coefficient (Wildman–Crippen LogP) is 4.63. The van der Waals surface area contributed by atoms with Crippen LogP contribution in [0.25, 0.3) is 0 Å². The quantitative estimate of drug-likeness (QED) is 0.880. The van der Waals surface area contributed by atoms with Crippen molar-refractivity contribution in [1.82, 2.24) is 5.32 Å². The second-order valence-electron chi connectivity index (χ2n) is 4.72. The van der Waals surface area contributed by atoms with Crippen molar-refractivity contribution >= 4 is 29.1 Å². The fourth-order valence-corrected chi connectivity index (χ4v) is 2.64. The molecule has 2 aromatic rings. The SMILES string of the molecule is COc1c(Cl)cc(C(=O)N[C@H](C)c2ccc(F)cc2)cc1Cl. The zero-order chi connectivity index (χ0) is 16.3. The third-order valence-corrected chi connectivity index (χ3v) is 3.74. The van der Waals surface area contributed by atoms with E-state index in [1.54, 1.807) is 19.1 Å². The predicted molar refractivity (Wildman–Crippen MR) is 85.3 cm³/mol. The molecule has 22 heavy (non-hydrogen) atoms. The fraction of sp³-hybridized carbons (Fsp3) is 0.188. The summed E-state index contributed by atoms with van der Waals surface area (Å²) in [5.74, 6) is -0.328. The summed E-state index contributed by atoms with van der Waals surface area (Å²) in [4.78, 5) is 12.3. The summed E-state index contributed by atoms with van der Waals surface area (Å²) in [7, 11) is 1.45. The zero-order valence-electron chi connectivity index (χ0n) is 12.0. The van der Waals surface area contributed by atoms with Crippen LogP contribution in [-0.2, 0) is 0 Å². The minimum absolute atomic E-state index is 0.259. The van der Waals surface area contributed by atoms with Gasteiger partial charge < -0.3 is 10.1 Å². The average molecular weight is 342 g/mol. The number of carbonyl (C=O) groups excluding carboxylic acids is 1. The molecular formula is C16H14Cl2FNO2. The maximum absolute atomic E-state index is 12.9. The average Bonchev–Trinajstić information content (AvgIpc) is 2.47. The van der Waals surface area contributed by atoms with Crippen LogP contribution in [0.4, 0.5) is 4.39 Å². The van der Waals surface area contributed by atoms with Crippen LogP contribution in [0, 0.1) is 5.82 Å². The molecule has 1 amide bonds. The number of carbonyl (C=O) groups is 1. The van der Waals surface area contributed by atoms with E-state index in [-0.39, 0.29) is 27.8 Å². The molecule has 6 heteroatoms. The van der Waals surface area contributed by atoms with E-state index in [0.717, 1.165) is 5.56 Å². The van der Waals surface area contributed by atoms with Gasteiger partial charge in [-0.25, -0.2) is 4.39 Å². The molecule has 0 spiro atoms. The van der Waals surface area contributed by atoms with Crippen LogP contribution < -0.4 is 10.1 Å². The molecule has 0 unspecified atom stereocenters. The lowest BCUT2D eigenvalue weighted by Crippen LogP contribution is -2.26. The summed E-state index contributed by atoms with van der Waals surface area (Å²) in [5.41, 5.74) is 1.12. The van der Waals surface area contributed by atoms with Crippen molar-refractivity contribution in [2.75, 3.05) is 7.11 Å². The van der Waals surface area contributed by atoms with Crippen LogP contribution >= 0.6 is 23.2 Å². The van der Waals surface area contributed by atoms with Crippen LogP contribution in [0.5, 0.6) is 5.75 Å². The molecule has 0 aromatic heterocycles. The summed E-state index contributed by atoms with van der Waals surface area (Å²) in [6.07, 6.45) is 0. The largest absolute Gasteiger partial charge is 0.494 e. The molecule has 0 saturated carbocycles. The van der Waals surface area contributed by atoms with Crippen LogP contribution in [0.2, 0.25) is 10.0 Å². The van der Waals surface area contributed by atoms with Gasteiger partial charge in [0.25, 0.3) is 5.91 Å². The normalized spacial score (nSPS) is 11.9. The molecule has 2 rings (SSSR count). The Morgan fingerprint density at radius 3 is 2.23 bits per heavy atom. The Hall–Kier alpha value is -1.78. The minimum Gasteiger partial charge on any atom is -0.494 e. The van der Waals surface area contributed by atoms with Crippen LogP contribution in [0.15, 0.2) is 36.4 Å². The van der Waals surface area contributed by atoms with Crippen molar-refractivity contribution in [1.29, 1.82) is 0 Å². The Labute approximate surface area is 138 Å². The monoisotopic (exact) mass is 341 g/mol. The molecule has 0 fully saturated rings. The Balaban J connectivity index is 2.17. The fourth-order valence-electron chi connectivity index (χ4n) is 2.00. The number of halogens is 3. The smallest absolute Gasteiger partial charge is 0.251 e. The third-order valence-electron chi connectivity index (χ3n) is 3.18. The maximum atomic E-state index is 12.9. The van der Waals surface area contributed by atoms with E-state index in [1.165, 1.54) is 31.4 Å². The lowest BCUT2D eigenvalue weighted by molar-refractivity contribution is 0.0940. The Morgan fingerprint density at radius 1 is 1.18 bits per heavy atom. The molecule has 0 heterocycles. The van der Waals surface area contributed by atoms with Crippen molar-refractivity contribution in [2.45, 2.75) is 13.0 Å². The number of methoxy groups -OCH3 is 1. The van der Waals surface area contributed by atoms with Crippen molar-refractivity contribution in [3.63, 3.8) is 0 Å². The van der Waals surface area contributed by atoms with Gasteiger partial charge in [0.2, 0.25) is 0 Å². The lowest BCUT2D eigenvalue weighted by atomic mass is 10.1. The molecule has 0 aliphatic heterocycles. The standard InChI is InChI=1S/C16H14Cl2FNO2/c1-9(10-3-5-12(19)6-4-10)20-16(21)11-7-13(17)15(22-2)14(18)8-11/h3-9H,1-2H3,(H,20,21)/t9-/m1/s1. The summed E-state index contributed by atoms with van der Waals surface area (Å²) in [6, 6.07) is 8.62. The Kier molecular flexibility index (Phi) is 5.27. The number of nitrogens with one attached hydrogen (secondary N) is 1. The van der Waals surface area contributed by atoms with E-state index in [9.17, 15) is 9.18 Å². The van der Waals surface area contributed by atoms with Gasteiger partial charge in [0.05, 0.1) is 23.2 Å². The molecule has 1 N–H and O–H groups in total. The number of hydrogen-bond donors (Lipinski definition) is 1. The molecule has 0 saturated heterocycles. The van der Waals surface area contributed by atoms with Gasteiger partial charge in [0, 0.05) is 5.56 Å². The summed E-state index contributed by atoms with van der Waals surface area (Å²) < 4.78 is 18.0. The van der Waals surface area contributed by atoms with Crippen LogP contribution in [-0.4, -0.2) is 13.0 Å². The van der Waals surface area contributed by atoms with E-state index < -0.39 is 0 Å². The molecule has 0 radical (unpaired) electrons. The van der Waals surface area contributed by atoms with E-state index in [1.807, 2.05) is 0 Å². The van der Waals surface area contributed by atoms with Gasteiger partial charge >= 0.3 is 0 Å². The molecular weight excluding hydrogens is 328 g/mol. The maximum Gasteiger partial charge on any atom is 0.251 e. The Morgan fingerprint density at radius 2 is 1.73 bits per heavy atom. The summed E-state index contributed by atoms with van der Waals surface area (Å²) in [5, 5.41) is 3.32. The van der Waals surface area contributed by atoms with Crippen molar-refractivity contribution in [3.8, 4) is 5.75 Å². The summed E-state index contributed by atoms with van der Waals surface area (Å²) in [6.45, 7) is 1.80. The van der Waals surface area contributed by atoms with Crippen molar-refractivity contribution in [2.24, 2.45) is 0 Å². The van der Waals surface area contributed by atoms with Gasteiger partial charge in [0.1, 0.15) is 5.82 Å². The second-order valence-corrected chi connectivity index (χ2v) is 5.53. The molecule has 3 nitrogen and oxygen atoms in total. The molecule has 1 atom stereocenters. The minimum atomic E-state index is -0.330. The van der Waals surface area contributed by atoms with E-state index in [4.69, 9.17) is 27.9 Å². The number of benzene rings is 2. The molecule has 116 valence electrons. The zero-order valence-corrected chi connectivity index (χ0v) is 13.5. The highest BCUT2D eigenvalue weighted by Gasteiger charge is 2.16. The molecule has 2 aromatic carbocycles. The number of rotatable bonds is 4. The first kappa shape index (κ1) is 16.6. The first-order valence-electron chi connectivity index (χ1n) is 6.51. The van der Waals surface area contributed by atoms with Crippen LogP contribution in [0.3, 0.4) is 0 Å². The van der Waals surface area contributed by atoms with Crippen molar-refractivity contribution < 1.29 is 13.9 Å². The molecule has 0 bridgehead atoms. The van der Waals surface area contributed by atoms with Gasteiger partial charge in [-0.3, -0.25) is 4.79 Å². The van der Waals surface area contributed by atoms with Gasteiger partial charge in [-0.15, -0.1) is 0 Å². The van der Waals surface area contributed by atoms with Crippen molar-refractivity contribution in [3.05, 3.63) is 63.4 Å². The highest BCUT2D eigenvalue weighted by molar-refractivity contribution is 6.37. The van der Waals surface area contributed by atoms with Gasteiger partial charge in [0.15, 0.2) is 5.75 Å². The highest BCUT2D eigenvalue weighted by atomic mass is 35.5. The van der Waals surface area contributed by atoms with Crippen LogP contribution in [0.1, 0.15) is 28.9 Å². The third kappa shape index (κ3) is 3.70. The number of ether oxygens (including phenoxy) is 1. The lowest BCUT2D eigenvalue weighted by Gasteiger charge is -2.15. The first-order valence-corrected chi connectivity index (χ1v) is 7.27. The number of hydrogen-bond acceptors (Lipinski definition) is 2. The van der Waals surface area contributed by atoms with Gasteiger partial charge in [-0.05, 0) is 36.8 Å². The molecule has 0 aliphatic rings. The van der Waals surface area contributed by atoms with E-state index in [2.05, 4.69) is 5.32 Å². The van der Waals surface area contributed by atoms with E-state index >= 15 is 0 Å². The topological polar surface area (TPSA) is 38.3 Å². The highest BCUT2D eigenvalue weighted by Crippen LogP contribution is 2.33. The van der Waals surface area contributed by atoms with Gasteiger partial charge in [-0.1, -0.05) is 35.3 Å². The van der Waals surface area contributed by atoms with Gasteiger partial charge in [-0.2, -0.15) is 0 Å². The molecule has 0 aliphatic carbocycles. The Bertz CT molecular complexity index is 666. The second kappa shape index (κ2) is 6.99. The number of amides is 1.